The molecule has 0 fully saturated rings. The third-order valence-corrected chi connectivity index (χ3v) is 9.77. The normalized spacial score (nSPS) is 11.9. The van der Waals surface area contributed by atoms with E-state index < -0.39 is 0 Å². The molecular formula is C44H67N5O. The molecule has 0 aliphatic rings. The summed E-state index contributed by atoms with van der Waals surface area (Å²) in [5, 5.41) is 7.90. The van der Waals surface area contributed by atoms with Gasteiger partial charge in [0, 0.05) is 36.9 Å². The maximum Gasteiger partial charge on any atom is 0.220 e. The number of para-hydroxylation sites is 1. The smallest absolute Gasteiger partial charge is 0.220 e. The lowest BCUT2D eigenvalue weighted by Crippen LogP contribution is -2.26. The van der Waals surface area contributed by atoms with Crippen molar-refractivity contribution >= 4 is 33.7 Å². The highest BCUT2D eigenvalue weighted by atomic mass is 16.1. The Balaban J connectivity index is 1.22. The summed E-state index contributed by atoms with van der Waals surface area (Å²) in [6.07, 6.45) is 23.8. The second-order valence-corrected chi connectivity index (χ2v) is 15.6. The number of fused-ring (bicyclic) bond motifs is 3. The van der Waals surface area contributed by atoms with Gasteiger partial charge in [-0.2, -0.15) is 0 Å². The molecule has 4 rings (SSSR count). The number of nitrogens with zero attached hydrogens (tertiary/aromatic N) is 3. The third-order valence-electron chi connectivity index (χ3n) is 9.77. The first-order valence-electron chi connectivity index (χ1n) is 20.2. The Morgan fingerprint density at radius 3 is 1.84 bits per heavy atom. The van der Waals surface area contributed by atoms with Crippen molar-refractivity contribution in [1.82, 2.24) is 19.9 Å². The molecule has 274 valence electrons. The molecule has 6 heteroatoms. The lowest BCUT2D eigenvalue weighted by molar-refractivity contribution is -0.121. The number of carbonyl (C=O) groups excluding carboxylic acids is 1. The first-order valence-corrected chi connectivity index (χ1v) is 20.2. The second kappa shape index (κ2) is 21.1. The van der Waals surface area contributed by atoms with Crippen molar-refractivity contribution in [3.63, 3.8) is 0 Å². The first kappa shape index (κ1) is 39.4. The van der Waals surface area contributed by atoms with Crippen LogP contribution in [0.3, 0.4) is 0 Å². The Labute approximate surface area is 303 Å². The van der Waals surface area contributed by atoms with Crippen LogP contribution in [0.25, 0.3) is 21.9 Å². The molecule has 0 atom stereocenters. The zero-order chi connectivity index (χ0) is 35.6. The maximum atomic E-state index is 12.6. The van der Waals surface area contributed by atoms with Gasteiger partial charge < -0.3 is 15.2 Å². The number of nitrogens with one attached hydrogen (secondary N) is 2. The van der Waals surface area contributed by atoms with Crippen LogP contribution in [0.4, 0.5) is 5.82 Å². The Bertz CT molecular complexity index is 1570. The Morgan fingerprint density at radius 2 is 1.24 bits per heavy atom. The second-order valence-electron chi connectivity index (χ2n) is 15.6. The molecule has 0 unspecified atom stereocenters. The van der Waals surface area contributed by atoms with E-state index in [0.717, 1.165) is 77.8 Å². The van der Waals surface area contributed by atoms with Gasteiger partial charge in [0.2, 0.25) is 5.91 Å². The van der Waals surface area contributed by atoms with E-state index in [0.29, 0.717) is 13.0 Å². The lowest BCUT2D eigenvalue weighted by Gasteiger charge is -2.22. The molecule has 2 heterocycles. The number of carbonyl (C=O) groups is 1. The van der Waals surface area contributed by atoms with Crippen LogP contribution in [0, 0.1) is 0 Å². The van der Waals surface area contributed by atoms with Crippen molar-refractivity contribution in [2.45, 2.75) is 175 Å². The van der Waals surface area contributed by atoms with Crippen LogP contribution in [-0.4, -0.2) is 26.0 Å². The molecule has 4 aromatic rings. The SMILES string of the molecule is CCCCCCCCCCCCCCCCCC(=O)NCc1ccc(Cn2c(CCCC)nc3c(NC(C)(C)C)nc4ccccc4c32)cc1. The van der Waals surface area contributed by atoms with Crippen LogP contribution in [0.15, 0.2) is 48.5 Å². The number of imidazole rings is 1. The number of anilines is 1. The highest BCUT2D eigenvalue weighted by Gasteiger charge is 2.21. The molecule has 0 spiro atoms. The highest BCUT2D eigenvalue weighted by Crippen LogP contribution is 2.32. The minimum Gasteiger partial charge on any atom is -0.364 e. The van der Waals surface area contributed by atoms with Crippen LogP contribution >= 0.6 is 0 Å². The number of hydrogen-bond acceptors (Lipinski definition) is 4. The number of pyridine rings is 1. The number of hydrogen-bond donors (Lipinski definition) is 2. The van der Waals surface area contributed by atoms with Crippen molar-refractivity contribution in [2.24, 2.45) is 0 Å². The van der Waals surface area contributed by atoms with Crippen LogP contribution in [-0.2, 0) is 24.3 Å². The summed E-state index contributed by atoms with van der Waals surface area (Å²) in [4.78, 5) is 22.8. The van der Waals surface area contributed by atoms with E-state index in [2.05, 4.69) is 98.4 Å². The predicted octanol–water partition coefficient (Wildman–Crippen LogP) is 12.1. The number of unbranched alkanes of at least 4 members (excludes halogenated alkanes) is 15. The molecule has 0 aliphatic carbocycles. The van der Waals surface area contributed by atoms with Crippen molar-refractivity contribution < 1.29 is 4.79 Å². The molecule has 50 heavy (non-hydrogen) atoms. The maximum absolute atomic E-state index is 12.6. The van der Waals surface area contributed by atoms with E-state index in [9.17, 15) is 4.79 Å². The summed E-state index contributed by atoms with van der Waals surface area (Å²) < 4.78 is 2.40. The molecule has 2 aromatic carbocycles. The molecule has 1 amide bonds. The molecule has 0 bridgehead atoms. The number of benzene rings is 2. The Morgan fingerprint density at radius 1 is 0.680 bits per heavy atom. The predicted molar refractivity (Wildman–Crippen MR) is 214 cm³/mol. The molecule has 2 aromatic heterocycles. The van der Waals surface area contributed by atoms with Gasteiger partial charge in [0.15, 0.2) is 5.82 Å². The fourth-order valence-corrected chi connectivity index (χ4v) is 6.91. The number of aromatic nitrogens is 3. The van der Waals surface area contributed by atoms with Crippen molar-refractivity contribution in [3.05, 3.63) is 65.5 Å². The van der Waals surface area contributed by atoms with Crippen molar-refractivity contribution in [2.75, 3.05) is 5.32 Å². The number of amides is 1. The lowest BCUT2D eigenvalue weighted by atomic mass is 10.0. The van der Waals surface area contributed by atoms with Crippen molar-refractivity contribution in [3.8, 4) is 0 Å². The van der Waals surface area contributed by atoms with Crippen LogP contribution in [0.5, 0.6) is 0 Å². The standard InChI is InChI=1S/C44H67N5O/c1-6-8-10-11-12-13-14-15-16-17-18-19-20-21-22-28-40(50)45-33-35-29-31-36(32-30-35)34-49-39(27-9-7-2)47-41-42(49)37-25-23-24-26-38(37)46-43(41)48-44(3,4)5/h23-26,29-32H,6-22,27-28,33-34H2,1-5H3,(H,45,50)(H,46,48). The molecule has 0 aliphatic heterocycles. The molecule has 0 saturated carbocycles. The van der Waals surface area contributed by atoms with Gasteiger partial charge in [0.25, 0.3) is 0 Å². The van der Waals surface area contributed by atoms with E-state index >= 15 is 0 Å². The van der Waals surface area contributed by atoms with Gasteiger partial charge in [-0.25, -0.2) is 9.97 Å². The van der Waals surface area contributed by atoms with E-state index in [1.165, 1.54) is 89.0 Å². The quantitative estimate of drug-likeness (QED) is 0.0722. The minimum absolute atomic E-state index is 0.132. The largest absolute Gasteiger partial charge is 0.364 e. The monoisotopic (exact) mass is 682 g/mol. The summed E-state index contributed by atoms with van der Waals surface area (Å²) in [7, 11) is 0. The van der Waals surface area contributed by atoms with Gasteiger partial charge in [-0.05, 0) is 50.8 Å². The van der Waals surface area contributed by atoms with E-state index in [-0.39, 0.29) is 11.4 Å². The van der Waals surface area contributed by atoms with Gasteiger partial charge in [-0.15, -0.1) is 0 Å². The van der Waals surface area contributed by atoms with Gasteiger partial charge >= 0.3 is 0 Å². The Hall–Kier alpha value is -3.41. The van der Waals surface area contributed by atoms with Crippen LogP contribution < -0.4 is 10.6 Å². The molecule has 0 saturated heterocycles. The average molecular weight is 682 g/mol. The summed E-state index contributed by atoms with van der Waals surface area (Å²) >= 11 is 0. The number of rotatable bonds is 24. The summed E-state index contributed by atoms with van der Waals surface area (Å²) in [5.41, 5.74) is 5.28. The Kier molecular flexibility index (Phi) is 16.6. The van der Waals surface area contributed by atoms with E-state index in [1.807, 2.05) is 0 Å². The average Bonchev–Trinajstić information content (AvgIpc) is 3.46. The summed E-state index contributed by atoms with van der Waals surface area (Å²) in [6.45, 7) is 12.3. The zero-order valence-corrected chi connectivity index (χ0v) is 32.2. The minimum atomic E-state index is -0.132. The van der Waals surface area contributed by atoms with Gasteiger partial charge in [0.1, 0.15) is 11.3 Å². The van der Waals surface area contributed by atoms with Gasteiger partial charge in [0.05, 0.1) is 11.0 Å². The van der Waals surface area contributed by atoms with E-state index in [1.54, 1.807) is 0 Å². The van der Waals surface area contributed by atoms with Crippen LogP contribution in [0.1, 0.15) is 167 Å². The number of aryl methyl sites for hydroxylation is 1. The van der Waals surface area contributed by atoms with E-state index in [4.69, 9.17) is 9.97 Å². The summed E-state index contributed by atoms with van der Waals surface area (Å²) in [6, 6.07) is 17.1. The van der Waals surface area contributed by atoms with Gasteiger partial charge in [-0.1, -0.05) is 153 Å². The first-order chi connectivity index (χ1) is 24.3. The van der Waals surface area contributed by atoms with Gasteiger partial charge in [-0.3, -0.25) is 4.79 Å². The fourth-order valence-electron chi connectivity index (χ4n) is 6.91. The molecular weight excluding hydrogens is 615 g/mol. The topological polar surface area (TPSA) is 71.8 Å². The third kappa shape index (κ3) is 13.0. The molecule has 0 radical (unpaired) electrons. The van der Waals surface area contributed by atoms with Crippen LogP contribution in [0.2, 0.25) is 0 Å². The summed E-state index contributed by atoms with van der Waals surface area (Å²) in [5.74, 6) is 2.11. The molecule has 6 nitrogen and oxygen atoms in total. The highest BCUT2D eigenvalue weighted by molar-refractivity contribution is 6.07. The zero-order valence-electron chi connectivity index (χ0n) is 32.2. The van der Waals surface area contributed by atoms with Crippen molar-refractivity contribution in [1.29, 1.82) is 0 Å². The fraction of sp³-hybridized carbons (Fsp3) is 0.614. The molecule has 2 N–H and O–H groups in total.